The smallest absolute Gasteiger partial charge is 0.329 e. The van der Waals surface area contributed by atoms with Crippen LogP contribution in [0.4, 0.5) is 0 Å². The van der Waals surface area contributed by atoms with Gasteiger partial charge in [0, 0.05) is 0 Å². The summed E-state index contributed by atoms with van der Waals surface area (Å²) in [5.41, 5.74) is 1.05. The molecule has 4 aromatic rings. The third-order valence-electron chi connectivity index (χ3n) is 4.87. The molecule has 0 saturated heterocycles. The van der Waals surface area contributed by atoms with Crippen LogP contribution in [0.25, 0.3) is 21.9 Å². The number of hydrogen-bond donors (Lipinski definition) is 3. The summed E-state index contributed by atoms with van der Waals surface area (Å²) in [5.74, 6) is 1.04. The maximum absolute atomic E-state index is 12.7. The number of rotatable bonds is 7. The molecule has 0 aliphatic carbocycles. The monoisotopic (exact) mass is 423 g/mol. The summed E-state index contributed by atoms with van der Waals surface area (Å²) in [6.45, 7) is -0.366. The van der Waals surface area contributed by atoms with Crippen molar-refractivity contribution in [2.24, 2.45) is 0 Å². The van der Waals surface area contributed by atoms with Gasteiger partial charge in [0.15, 0.2) is 0 Å². The average molecular weight is 423 g/mol. The Hall–Kier alpha value is -3.33. The van der Waals surface area contributed by atoms with Crippen LogP contribution in [0.1, 0.15) is 18.3 Å². The van der Waals surface area contributed by atoms with Crippen molar-refractivity contribution in [3.8, 4) is 0 Å². The zero-order chi connectivity index (χ0) is 21.1. The van der Waals surface area contributed by atoms with Crippen LogP contribution in [0.2, 0.25) is 0 Å². The predicted octanol–water partition coefficient (Wildman–Crippen LogP) is 2.18. The molecular formula is C21H21N5O3S. The van der Waals surface area contributed by atoms with Crippen molar-refractivity contribution < 1.29 is 4.79 Å². The van der Waals surface area contributed by atoms with Crippen molar-refractivity contribution >= 4 is 39.6 Å². The summed E-state index contributed by atoms with van der Waals surface area (Å²) in [5, 5.41) is 3.28. The van der Waals surface area contributed by atoms with Gasteiger partial charge in [-0.1, -0.05) is 24.3 Å². The molecule has 1 amide bonds. The molecule has 9 heteroatoms. The highest BCUT2D eigenvalue weighted by Crippen LogP contribution is 2.20. The summed E-state index contributed by atoms with van der Waals surface area (Å²) in [6.07, 6.45) is 2.65. The van der Waals surface area contributed by atoms with Gasteiger partial charge in [-0.25, -0.2) is 9.78 Å². The van der Waals surface area contributed by atoms with Gasteiger partial charge in [0.2, 0.25) is 5.91 Å². The maximum Gasteiger partial charge on any atom is 0.329 e. The highest BCUT2D eigenvalue weighted by atomic mass is 32.2. The van der Waals surface area contributed by atoms with Crippen LogP contribution in [0.3, 0.4) is 0 Å². The SMILES string of the molecule is CSCCC(NC(=O)Cn1c(=O)[nH]c2ccccc2c1=O)c1nc2ccccc2[nH]1. The summed E-state index contributed by atoms with van der Waals surface area (Å²) in [7, 11) is 0. The van der Waals surface area contributed by atoms with E-state index in [1.807, 2.05) is 30.5 Å². The first-order valence-electron chi connectivity index (χ1n) is 9.51. The van der Waals surface area contributed by atoms with Crippen molar-refractivity contribution in [3.63, 3.8) is 0 Å². The van der Waals surface area contributed by atoms with Crippen LogP contribution < -0.4 is 16.6 Å². The first kappa shape index (κ1) is 20.0. The molecule has 1 unspecified atom stereocenters. The topological polar surface area (TPSA) is 113 Å². The number of nitrogens with one attached hydrogen (secondary N) is 3. The quantitative estimate of drug-likeness (QED) is 0.422. The second-order valence-electron chi connectivity index (χ2n) is 6.91. The molecular weight excluding hydrogens is 402 g/mol. The van der Waals surface area contributed by atoms with E-state index < -0.39 is 17.2 Å². The van der Waals surface area contributed by atoms with Gasteiger partial charge >= 0.3 is 5.69 Å². The first-order valence-corrected chi connectivity index (χ1v) is 10.9. The summed E-state index contributed by atoms with van der Waals surface area (Å²) in [6, 6.07) is 14.0. The molecule has 0 spiro atoms. The van der Waals surface area contributed by atoms with E-state index in [9.17, 15) is 14.4 Å². The van der Waals surface area contributed by atoms with Crippen LogP contribution in [-0.4, -0.2) is 37.4 Å². The fourth-order valence-corrected chi connectivity index (χ4v) is 3.85. The molecule has 0 saturated carbocycles. The molecule has 3 N–H and O–H groups in total. The Morgan fingerprint density at radius 1 is 1.10 bits per heavy atom. The van der Waals surface area contributed by atoms with Crippen LogP contribution in [0.15, 0.2) is 58.1 Å². The molecule has 0 bridgehead atoms. The Morgan fingerprint density at radius 2 is 1.83 bits per heavy atom. The van der Waals surface area contributed by atoms with Crippen LogP contribution in [0, 0.1) is 0 Å². The molecule has 2 heterocycles. The van der Waals surface area contributed by atoms with E-state index in [0.29, 0.717) is 23.1 Å². The Morgan fingerprint density at radius 3 is 2.60 bits per heavy atom. The van der Waals surface area contributed by atoms with E-state index in [0.717, 1.165) is 21.4 Å². The third kappa shape index (κ3) is 4.02. The Balaban J connectivity index is 1.59. The van der Waals surface area contributed by atoms with Crippen molar-refractivity contribution in [2.45, 2.75) is 19.0 Å². The maximum atomic E-state index is 12.7. The third-order valence-corrected chi connectivity index (χ3v) is 5.52. The summed E-state index contributed by atoms with van der Waals surface area (Å²) >= 11 is 1.67. The first-order chi connectivity index (χ1) is 14.6. The minimum absolute atomic E-state index is 0.354. The van der Waals surface area contributed by atoms with Crippen LogP contribution in [-0.2, 0) is 11.3 Å². The molecule has 0 radical (unpaired) electrons. The highest BCUT2D eigenvalue weighted by Gasteiger charge is 2.19. The van der Waals surface area contributed by atoms with Crippen molar-refractivity contribution in [1.82, 2.24) is 24.8 Å². The molecule has 154 valence electrons. The van der Waals surface area contributed by atoms with E-state index in [1.54, 1.807) is 36.0 Å². The van der Waals surface area contributed by atoms with E-state index >= 15 is 0 Å². The van der Waals surface area contributed by atoms with Crippen LogP contribution in [0.5, 0.6) is 0 Å². The Bertz CT molecular complexity index is 1290. The molecule has 4 rings (SSSR count). The molecule has 0 aliphatic rings. The Labute approximate surface area is 175 Å². The van der Waals surface area contributed by atoms with Gasteiger partial charge in [-0.3, -0.25) is 14.2 Å². The highest BCUT2D eigenvalue weighted by molar-refractivity contribution is 7.98. The number of hydrogen-bond acceptors (Lipinski definition) is 5. The molecule has 2 aromatic heterocycles. The lowest BCUT2D eigenvalue weighted by Gasteiger charge is -2.16. The Kier molecular flexibility index (Phi) is 5.71. The van der Waals surface area contributed by atoms with Gasteiger partial charge in [-0.15, -0.1) is 0 Å². The summed E-state index contributed by atoms with van der Waals surface area (Å²) in [4.78, 5) is 48.2. The largest absolute Gasteiger partial charge is 0.345 e. The molecule has 0 aliphatic heterocycles. The molecule has 8 nitrogen and oxygen atoms in total. The minimum Gasteiger partial charge on any atom is -0.345 e. The van der Waals surface area contributed by atoms with Crippen LogP contribution >= 0.6 is 11.8 Å². The standard InChI is InChI=1S/C21H21N5O3S/c1-30-11-10-17(19-23-15-8-4-5-9-16(15)24-19)22-18(27)12-26-20(28)13-6-2-3-7-14(13)25-21(26)29/h2-9,17H,10-12H2,1H3,(H,22,27)(H,23,24)(H,25,29). The van der Waals surface area contributed by atoms with Gasteiger partial charge in [-0.05, 0) is 42.7 Å². The number of benzene rings is 2. The lowest BCUT2D eigenvalue weighted by atomic mass is 10.2. The van der Waals surface area contributed by atoms with Crippen molar-refractivity contribution in [2.75, 3.05) is 12.0 Å². The predicted molar refractivity (Wildman–Crippen MR) is 119 cm³/mol. The normalized spacial score (nSPS) is 12.3. The number of aromatic amines is 2. The number of para-hydroxylation sites is 3. The van der Waals surface area contributed by atoms with Crippen molar-refractivity contribution in [3.05, 3.63) is 75.2 Å². The minimum atomic E-state index is -0.613. The van der Waals surface area contributed by atoms with E-state index in [2.05, 4.69) is 20.3 Å². The molecule has 2 aromatic carbocycles. The van der Waals surface area contributed by atoms with Gasteiger partial charge in [0.05, 0.1) is 28.0 Å². The van der Waals surface area contributed by atoms with E-state index in [1.165, 1.54) is 0 Å². The number of carbonyl (C=O) groups excluding carboxylic acids is 1. The number of aromatic nitrogens is 4. The number of amides is 1. The van der Waals surface area contributed by atoms with Gasteiger partial charge in [0.25, 0.3) is 5.56 Å². The second kappa shape index (κ2) is 8.58. The fraction of sp³-hybridized carbons (Fsp3) is 0.238. The lowest BCUT2D eigenvalue weighted by Crippen LogP contribution is -2.41. The zero-order valence-corrected chi connectivity index (χ0v) is 17.2. The zero-order valence-electron chi connectivity index (χ0n) is 16.3. The molecule has 30 heavy (non-hydrogen) atoms. The molecule has 0 fully saturated rings. The second-order valence-corrected chi connectivity index (χ2v) is 7.89. The number of carbonyl (C=O) groups is 1. The average Bonchev–Trinajstić information content (AvgIpc) is 3.18. The number of fused-ring (bicyclic) bond motifs is 2. The lowest BCUT2D eigenvalue weighted by molar-refractivity contribution is -0.122. The van der Waals surface area contributed by atoms with Gasteiger partial charge < -0.3 is 15.3 Å². The summed E-state index contributed by atoms with van der Waals surface area (Å²) < 4.78 is 0.919. The van der Waals surface area contributed by atoms with E-state index in [-0.39, 0.29) is 12.6 Å². The number of nitrogens with zero attached hydrogens (tertiary/aromatic N) is 2. The number of imidazole rings is 1. The fourth-order valence-electron chi connectivity index (χ4n) is 3.38. The van der Waals surface area contributed by atoms with Gasteiger partial charge in [0.1, 0.15) is 12.4 Å². The van der Waals surface area contributed by atoms with E-state index in [4.69, 9.17) is 0 Å². The van der Waals surface area contributed by atoms with Gasteiger partial charge in [-0.2, -0.15) is 11.8 Å². The number of thioether (sulfide) groups is 1. The molecule has 1 atom stereocenters. The van der Waals surface area contributed by atoms with Crippen molar-refractivity contribution in [1.29, 1.82) is 0 Å². The number of H-pyrrole nitrogens is 2.